The van der Waals surface area contributed by atoms with Crippen LogP contribution in [-0.2, 0) is 0 Å². The molecule has 6 nitrogen and oxygen atoms in total. The van der Waals surface area contributed by atoms with Gasteiger partial charge in [-0.1, -0.05) is 55.5 Å². The van der Waals surface area contributed by atoms with Crippen molar-refractivity contribution in [3.8, 4) is 12.1 Å². The molecule has 6 heteroatoms. The summed E-state index contributed by atoms with van der Waals surface area (Å²) in [5, 5.41) is 32.1. The first-order valence-corrected chi connectivity index (χ1v) is 11.1. The standard InChI is InChI=1S/C28H24N4O2/c1-18(15-25(33)32-14-12-21-8-3-5-9-22(21)24(32)17-30)26(19(2)16-29)28(34)27-23-10-6-4-7-20(23)11-13-31-27/h3-15,18-19,24,26,33H,1-2H3. The maximum absolute atomic E-state index is 13.6. The van der Waals surface area contributed by atoms with Crippen LogP contribution in [0.4, 0.5) is 0 Å². The van der Waals surface area contributed by atoms with Gasteiger partial charge < -0.3 is 5.11 Å². The van der Waals surface area contributed by atoms with Gasteiger partial charge in [0.25, 0.3) is 0 Å². The van der Waals surface area contributed by atoms with Gasteiger partial charge in [-0.15, -0.1) is 0 Å². The molecular formula is C28H24N4O2. The van der Waals surface area contributed by atoms with Crippen molar-refractivity contribution in [2.24, 2.45) is 17.8 Å². The van der Waals surface area contributed by atoms with E-state index in [1.54, 1.807) is 32.3 Å². The Morgan fingerprint density at radius 1 is 1.12 bits per heavy atom. The first kappa shape index (κ1) is 22.8. The van der Waals surface area contributed by atoms with E-state index in [1.807, 2.05) is 60.7 Å². The number of pyridine rings is 1. The number of fused-ring (bicyclic) bond motifs is 2. The van der Waals surface area contributed by atoms with Crippen molar-refractivity contribution in [2.75, 3.05) is 0 Å². The van der Waals surface area contributed by atoms with Crippen LogP contribution >= 0.6 is 0 Å². The summed E-state index contributed by atoms with van der Waals surface area (Å²) < 4.78 is 0. The highest BCUT2D eigenvalue weighted by Crippen LogP contribution is 2.34. The number of aliphatic hydroxyl groups is 1. The minimum Gasteiger partial charge on any atom is -0.495 e. The predicted molar refractivity (Wildman–Crippen MR) is 130 cm³/mol. The van der Waals surface area contributed by atoms with Crippen molar-refractivity contribution in [2.45, 2.75) is 19.9 Å². The normalized spacial score (nSPS) is 17.8. The number of nitriles is 2. The van der Waals surface area contributed by atoms with E-state index in [4.69, 9.17) is 0 Å². The summed E-state index contributed by atoms with van der Waals surface area (Å²) in [5.41, 5.74) is 2.02. The Kier molecular flexibility index (Phi) is 6.43. The van der Waals surface area contributed by atoms with Gasteiger partial charge in [-0.2, -0.15) is 10.5 Å². The lowest BCUT2D eigenvalue weighted by atomic mass is 9.79. The summed E-state index contributed by atoms with van der Waals surface area (Å²) in [6.45, 7) is 3.49. The predicted octanol–water partition coefficient (Wildman–Crippen LogP) is 5.78. The minimum absolute atomic E-state index is 0.140. The Morgan fingerprint density at radius 3 is 2.62 bits per heavy atom. The van der Waals surface area contributed by atoms with E-state index in [0.29, 0.717) is 5.69 Å². The average molecular weight is 449 g/mol. The van der Waals surface area contributed by atoms with Crippen LogP contribution in [-0.4, -0.2) is 20.8 Å². The number of hydrogen-bond acceptors (Lipinski definition) is 6. The molecule has 0 amide bonds. The molecule has 0 fully saturated rings. The number of ketones is 1. The number of rotatable bonds is 6. The quantitative estimate of drug-likeness (QED) is 0.379. The largest absolute Gasteiger partial charge is 0.495 e. The van der Waals surface area contributed by atoms with Gasteiger partial charge in [0.2, 0.25) is 0 Å². The molecule has 0 saturated carbocycles. The average Bonchev–Trinajstić information content (AvgIpc) is 2.87. The summed E-state index contributed by atoms with van der Waals surface area (Å²) in [5.74, 6) is -2.23. The summed E-state index contributed by atoms with van der Waals surface area (Å²) in [4.78, 5) is 19.5. The maximum atomic E-state index is 13.6. The zero-order chi connectivity index (χ0) is 24.2. The molecule has 0 spiro atoms. The molecule has 1 aliphatic rings. The topological polar surface area (TPSA) is 101 Å². The zero-order valence-electron chi connectivity index (χ0n) is 19.0. The van der Waals surface area contributed by atoms with Crippen molar-refractivity contribution in [1.29, 1.82) is 10.5 Å². The van der Waals surface area contributed by atoms with Gasteiger partial charge >= 0.3 is 0 Å². The molecule has 0 radical (unpaired) electrons. The highest BCUT2D eigenvalue weighted by atomic mass is 16.3. The van der Waals surface area contributed by atoms with Gasteiger partial charge in [-0.3, -0.25) is 14.7 Å². The fraction of sp³-hybridized carbons (Fsp3) is 0.214. The monoisotopic (exact) mass is 448 g/mol. The van der Waals surface area contributed by atoms with Crippen molar-refractivity contribution in [3.63, 3.8) is 0 Å². The fourth-order valence-corrected chi connectivity index (χ4v) is 4.55. The lowest BCUT2D eigenvalue weighted by Gasteiger charge is -2.30. The van der Waals surface area contributed by atoms with Crippen molar-refractivity contribution >= 4 is 22.6 Å². The number of aromatic nitrogens is 1. The van der Waals surface area contributed by atoms with E-state index in [1.165, 1.54) is 4.90 Å². The van der Waals surface area contributed by atoms with Crippen LogP contribution < -0.4 is 0 Å². The number of nitrogens with zero attached hydrogens (tertiary/aromatic N) is 4. The van der Waals surface area contributed by atoms with Crippen LogP contribution in [0.15, 0.2) is 79.0 Å². The Hall–Kier alpha value is -4.42. The molecule has 2 aromatic carbocycles. The molecule has 0 bridgehead atoms. The molecule has 1 N–H and O–H groups in total. The second-order valence-electron chi connectivity index (χ2n) is 8.46. The second kappa shape index (κ2) is 9.60. The summed E-state index contributed by atoms with van der Waals surface area (Å²) in [6, 6.07) is 20.6. The Bertz CT molecular complexity index is 1370. The summed E-state index contributed by atoms with van der Waals surface area (Å²) in [7, 11) is 0. The van der Waals surface area contributed by atoms with Crippen LogP contribution in [0.5, 0.6) is 0 Å². The molecule has 1 aliphatic heterocycles. The van der Waals surface area contributed by atoms with Crippen molar-refractivity contribution in [3.05, 3.63) is 95.8 Å². The van der Waals surface area contributed by atoms with Gasteiger partial charge in [-0.25, -0.2) is 0 Å². The number of benzene rings is 2. The van der Waals surface area contributed by atoms with E-state index in [2.05, 4.69) is 17.1 Å². The van der Waals surface area contributed by atoms with Gasteiger partial charge in [0.15, 0.2) is 11.7 Å². The van der Waals surface area contributed by atoms with E-state index in [9.17, 15) is 20.4 Å². The zero-order valence-corrected chi connectivity index (χ0v) is 19.0. The van der Waals surface area contributed by atoms with Crippen LogP contribution in [0, 0.1) is 40.4 Å². The maximum Gasteiger partial charge on any atom is 0.188 e. The van der Waals surface area contributed by atoms with E-state index in [-0.39, 0.29) is 11.7 Å². The van der Waals surface area contributed by atoms with Crippen molar-refractivity contribution in [1.82, 2.24) is 9.88 Å². The molecule has 0 saturated heterocycles. The van der Waals surface area contributed by atoms with Gasteiger partial charge in [0.1, 0.15) is 11.7 Å². The van der Waals surface area contributed by atoms with E-state index in [0.717, 1.165) is 21.9 Å². The van der Waals surface area contributed by atoms with Gasteiger partial charge in [0, 0.05) is 23.7 Å². The Balaban J connectivity index is 1.68. The first-order valence-electron chi connectivity index (χ1n) is 11.1. The molecular weight excluding hydrogens is 424 g/mol. The lowest BCUT2D eigenvalue weighted by molar-refractivity contribution is 0.0860. The SMILES string of the molecule is CC(C#N)C(C(=O)c1nccc2ccccc12)C(C)C=C(O)N1C=Cc2ccccc2C1C#N. The molecule has 34 heavy (non-hydrogen) atoms. The molecule has 1 aromatic heterocycles. The van der Waals surface area contributed by atoms with E-state index < -0.39 is 23.8 Å². The number of Topliss-reactive ketones (excluding diaryl/α,β-unsaturated/α-hetero) is 1. The van der Waals surface area contributed by atoms with Crippen LogP contribution in [0.25, 0.3) is 16.8 Å². The van der Waals surface area contributed by atoms with Crippen LogP contribution in [0.3, 0.4) is 0 Å². The third-order valence-electron chi connectivity index (χ3n) is 6.30. The molecule has 4 unspecified atom stereocenters. The van der Waals surface area contributed by atoms with Crippen LogP contribution in [0.2, 0.25) is 0 Å². The van der Waals surface area contributed by atoms with Gasteiger partial charge in [-0.05, 0) is 47.6 Å². The number of hydrogen-bond donors (Lipinski definition) is 1. The minimum atomic E-state index is -0.730. The molecule has 4 rings (SSSR count). The molecule has 0 aliphatic carbocycles. The summed E-state index contributed by atoms with van der Waals surface area (Å²) >= 11 is 0. The van der Waals surface area contributed by atoms with Crippen LogP contribution in [0.1, 0.15) is 41.5 Å². The fourth-order valence-electron chi connectivity index (χ4n) is 4.55. The highest BCUT2D eigenvalue weighted by Gasteiger charge is 2.34. The number of carbonyl (C=O) groups excluding carboxylic acids is 1. The molecule has 2 heterocycles. The van der Waals surface area contributed by atoms with Gasteiger partial charge in [0.05, 0.1) is 18.1 Å². The lowest BCUT2D eigenvalue weighted by Crippen LogP contribution is -2.30. The molecule has 168 valence electrons. The summed E-state index contributed by atoms with van der Waals surface area (Å²) in [6.07, 6.45) is 6.63. The molecule has 4 atom stereocenters. The third kappa shape index (κ3) is 4.14. The van der Waals surface area contributed by atoms with E-state index >= 15 is 0 Å². The number of aliphatic hydroxyl groups excluding tert-OH is 1. The Labute approximate surface area is 198 Å². The first-order chi connectivity index (χ1) is 16.5. The number of carbonyl (C=O) groups is 1. The highest BCUT2D eigenvalue weighted by molar-refractivity contribution is 6.07. The smallest absolute Gasteiger partial charge is 0.188 e. The van der Waals surface area contributed by atoms with Crippen molar-refractivity contribution < 1.29 is 9.90 Å². The third-order valence-corrected chi connectivity index (χ3v) is 6.30. The molecule has 3 aromatic rings. The Morgan fingerprint density at radius 2 is 1.85 bits per heavy atom. The second-order valence-corrected chi connectivity index (χ2v) is 8.46. The number of allylic oxidation sites excluding steroid dienone is 1.